The van der Waals surface area contributed by atoms with Crippen molar-refractivity contribution in [3.05, 3.63) is 23.7 Å². The van der Waals surface area contributed by atoms with Crippen molar-refractivity contribution in [1.82, 2.24) is 5.32 Å². The van der Waals surface area contributed by atoms with E-state index in [-0.39, 0.29) is 11.3 Å². The number of rotatable bonds is 7. The minimum atomic E-state index is -0.0347. The van der Waals surface area contributed by atoms with Gasteiger partial charge in [-0.3, -0.25) is 4.79 Å². The van der Waals surface area contributed by atoms with Crippen molar-refractivity contribution < 1.29 is 9.21 Å². The first-order chi connectivity index (χ1) is 8.50. The fourth-order valence-electron chi connectivity index (χ4n) is 1.87. The van der Waals surface area contributed by atoms with Gasteiger partial charge in [-0.2, -0.15) is 0 Å². The quantitative estimate of drug-likeness (QED) is 0.778. The van der Waals surface area contributed by atoms with E-state index in [1.807, 2.05) is 6.92 Å². The molecule has 1 rings (SSSR count). The van der Waals surface area contributed by atoms with Crippen LogP contribution in [0.2, 0.25) is 0 Å². The van der Waals surface area contributed by atoms with Crippen LogP contribution in [0, 0.1) is 5.41 Å². The van der Waals surface area contributed by atoms with Gasteiger partial charge in [0.1, 0.15) is 5.76 Å². The first-order valence-electron chi connectivity index (χ1n) is 6.40. The number of halogens is 1. The molecule has 1 amide bonds. The Morgan fingerprint density at radius 3 is 2.83 bits per heavy atom. The molecule has 4 heteroatoms. The Labute approximate surface area is 117 Å². The number of nitrogens with one attached hydrogen (secondary N) is 1. The first-order valence-corrected chi connectivity index (χ1v) is 7.53. The molecule has 102 valence electrons. The van der Waals surface area contributed by atoms with Crippen molar-refractivity contribution in [2.45, 2.75) is 40.0 Å². The van der Waals surface area contributed by atoms with Crippen LogP contribution < -0.4 is 5.32 Å². The molecule has 1 N–H and O–H groups in total. The maximum Gasteiger partial charge on any atom is 0.254 e. The highest BCUT2D eigenvalue weighted by atomic mass is 79.9. The summed E-state index contributed by atoms with van der Waals surface area (Å²) in [7, 11) is 0. The first kappa shape index (κ1) is 15.3. The van der Waals surface area contributed by atoms with Crippen LogP contribution >= 0.6 is 15.9 Å². The molecular weight excluding hydrogens is 294 g/mol. The van der Waals surface area contributed by atoms with Gasteiger partial charge in [0.15, 0.2) is 0 Å². The van der Waals surface area contributed by atoms with Gasteiger partial charge >= 0.3 is 0 Å². The maximum absolute atomic E-state index is 12.0. The summed E-state index contributed by atoms with van der Waals surface area (Å²) in [6, 6.07) is 1.74. The highest BCUT2D eigenvalue weighted by Gasteiger charge is 2.20. The van der Waals surface area contributed by atoms with E-state index in [2.05, 4.69) is 35.1 Å². The monoisotopic (exact) mass is 315 g/mol. The molecule has 0 saturated heterocycles. The summed E-state index contributed by atoms with van der Waals surface area (Å²) in [6.07, 6.45) is 4.52. The molecule has 0 bridgehead atoms. The number of carbonyl (C=O) groups is 1. The highest BCUT2D eigenvalue weighted by Crippen LogP contribution is 2.22. The summed E-state index contributed by atoms with van der Waals surface area (Å²) in [6.45, 7) is 7.01. The lowest BCUT2D eigenvalue weighted by atomic mass is 9.88. The number of aryl methyl sites for hydroxylation is 1. The van der Waals surface area contributed by atoms with Crippen LogP contribution in [-0.4, -0.2) is 17.8 Å². The summed E-state index contributed by atoms with van der Waals surface area (Å²) in [5, 5.41) is 4.00. The molecule has 3 nitrogen and oxygen atoms in total. The number of carbonyl (C=O) groups excluding carboxylic acids is 1. The second kappa shape index (κ2) is 6.98. The minimum Gasteiger partial charge on any atom is -0.469 e. The van der Waals surface area contributed by atoms with E-state index in [9.17, 15) is 4.79 Å². The number of hydrogen-bond acceptors (Lipinski definition) is 2. The van der Waals surface area contributed by atoms with E-state index in [0.717, 1.165) is 30.4 Å². The lowest BCUT2D eigenvalue weighted by Gasteiger charge is -2.24. The Bertz CT molecular complexity index is 385. The topological polar surface area (TPSA) is 42.2 Å². The molecule has 0 radical (unpaired) electrons. The third-order valence-electron chi connectivity index (χ3n) is 3.03. The zero-order chi connectivity index (χ0) is 13.6. The van der Waals surface area contributed by atoms with E-state index in [4.69, 9.17) is 4.42 Å². The minimum absolute atomic E-state index is 0.0347. The summed E-state index contributed by atoms with van der Waals surface area (Å²) in [5.74, 6) is 0.721. The van der Waals surface area contributed by atoms with Gasteiger partial charge in [0, 0.05) is 18.3 Å². The molecule has 1 aromatic heterocycles. The van der Waals surface area contributed by atoms with E-state index >= 15 is 0 Å². The van der Waals surface area contributed by atoms with E-state index < -0.39 is 0 Å². The Hall–Kier alpha value is -0.770. The molecule has 1 aromatic rings. The molecule has 0 spiro atoms. The fraction of sp³-hybridized carbons (Fsp3) is 0.643. The second-order valence-electron chi connectivity index (χ2n) is 5.25. The zero-order valence-corrected chi connectivity index (χ0v) is 13.0. The van der Waals surface area contributed by atoms with Gasteiger partial charge < -0.3 is 9.73 Å². The van der Waals surface area contributed by atoms with Crippen LogP contribution in [0.3, 0.4) is 0 Å². The van der Waals surface area contributed by atoms with Crippen LogP contribution in [0.1, 0.15) is 49.7 Å². The SMILES string of the molecule is CCc1occc1C(=O)NCC(C)(C)CCCBr. The van der Waals surface area contributed by atoms with Gasteiger partial charge in [0.2, 0.25) is 0 Å². The fourth-order valence-corrected chi connectivity index (χ4v) is 2.15. The molecule has 0 aliphatic carbocycles. The van der Waals surface area contributed by atoms with Crippen molar-refractivity contribution in [3.8, 4) is 0 Å². The summed E-state index contributed by atoms with van der Waals surface area (Å²) in [5.41, 5.74) is 0.785. The Kier molecular flexibility index (Phi) is 5.93. The normalized spacial score (nSPS) is 11.6. The molecule has 0 saturated carbocycles. The summed E-state index contributed by atoms with van der Waals surface area (Å²) in [4.78, 5) is 12.0. The largest absolute Gasteiger partial charge is 0.469 e. The number of furan rings is 1. The average molecular weight is 316 g/mol. The Morgan fingerprint density at radius 1 is 1.50 bits per heavy atom. The molecule has 18 heavy (non-hydrogen) atoms. The maximum atomic E-state index is 12.0. The number of alkyl halides is 1. The van der Waals surface area contributed by atoms with Crippen molar-refractivity contribution in [2.24, 2.45) is 5.41 Å². The molecule has 1 heterocycles. The lowest BCUT2D eigenvalue weighted by Crippen LogP contribution is -2.34. The molecule has 0 unspecified atom stereocenters. The van der Waals surface area contributed by atoms with Crippen LogP contribution in [-0.2, 0) is 6.42 Å². The van der Waals surface area contributed by atoms with Gasteiger partial charge in [-0.25, -0.2) is 0 Å². The lowest BCUT2D eigenvalue weighted by molar-refractivity contribution is 0.0932. The van der Waals surface area contributed by atoms with Crippen molar-refractivity contribution in [2.75, 3.05) is 11.9 Å². The third-order valence-corrected chi connectivity index (χ3v) is 3.59. The molecule has 0 atom stereocenters. The number of hydrogen-bond donors (Lipinski definition) is 1. The van der Waals surface area contributed by atoms with Crippen LogP contribution in [0.25, 0.3) is 0 Å². The summed E-state index contributed by atoms with van der Waals surface area (Å²) >= 11 is 3.43. The van der Waals surface area contributed by atoms with Crippen molar-refractivity contribution >= 4 is 21.8 Å². The smallest absolute Gasteiger partial charge is 0.254 e. The van der Waals surface area contributed by atoms with Crippen LogP contribution in [0.4, 0.5) is 0 Å². The predicted molar refractivity (Wildman–Crippen MR) is 77.2 cm³/mol. The van der Waals surface area contributed by atoms with E-state index in [1.54, 1.807) is 12.3 Å². The third kappa shape index (κ3) is 4.48. The van der Waals surface area contributed by atoms with Gasteiger partial charge in [-0.05, 0) is 24.3 Å². The van der Waals surface area contributed by atoms with Crippen LogP contribution in [0.15, 0.2) is 16.7 Å². The highest BCUT2D eigenvalue weighted by molar-refractivity contribution is 9.09. The van der Waals surface area contributed by atoms with Gasteiger partial charge in [-0.15, -0.1) is 0 Å². The Morgan fingerprint density at radius 2 is 2.22 bits per heavy atom. The van der Waals surface area contributed by atoms with Crippen molar-refractivity contribution in [1.29, 1.82) is 0 Å². The standard InChI is InChI=1S/C14H22BrNO2/c1-4-12-11(6-9-18-12)13(17)16-10-14(2,3)7-5-8-15/h6,9H,4-5,7-8,10H2,1-3H3,(H,16,17). The number of amides is 1. The summed E-state index contributed by atoms with van der Waals surface area (Å²) < 4.78 is 5.26. The average Bonchev–Trinajstić information content (AvgIpc) is 2.82. The van der Waals surface area contributed by atoms with Gasteiger partial charge in [-0.1, -0.05) is 36.7 Å². The molecule has 0 fully saturated rings. The van der Waals surface area contributed by atoms with E-state index in [0.29, 0.717) is 12.1 Å². The Balaban J connectivity index is 2.51. The molecule has 0 aliphatic rings. The second-order valence-corrected chi connectivity index (χ2v) is 6.04. The van der Waals surface area contributed by atoms with Crippen molar-refractivity contribution in [3.63, 3.8) is 0 Å². The molecule has 0 aromatic carbocycles. The molecular formula is C14H22BrNO2. The van der Waals surface area contributed by atoms with Gasteiger partial charge in [0.05, 0.1) is 11.8 Å². The van der Waals surface area contributed by atoms with Crippen LogP contribution in [0.5, 0.6) is 0 Å². The zero-order valence-electron chi connectivity index (χ0n) is 11.4. The van der Waals surface area contributed by atoms with E-state index in [1.165, 1.54) is 0 Å². The van der Waals surface area contributed by atoms with Gasteiger partial charge in [0.25, 0.3) is 5.91 Å². The molecule has 0 aliphatic heterocycles. The predicted octanol–water partition coefficient (Wildman–Crippen LogP) is 3.77.